The fourth-order valence-corrected chi connectivity index (χ4v) is 2.69. The Hall–Kier alpha value is -0.820. The number of hydrogen-bond acceptors (Lipinski definition) is 3. The largest absolute Gasteiger partial charge is 0.488 e. The van der Waals surface area contributed by atoms with E-state index in [1.807, 2.05) is 18.2 Å². The van der Waals surface area contributed by atoms with Crippen LogP contribution < -0.4 is 10.1 Å². The predicted octanol–water partition coefficient (Wildman–Crippen LogP) is 2.60. The van der Waals surface area contributed by atoms with Crippen molar-refractivity contribution in [2.24, 2.45) is 0 Å². The van der Waals surface area contributed by atoms with E-state index in [2.05, 4.69) is 11.2 Å². The highest BCUT2D eigenvalue weighted by Crippen LogP contribution is 2.30. The summed E-state index contributed by atoms with van der Waals surface area (Å²) < 4.78 is 5.83. The molecule has 18 heavy (non-hydrogen) atoms. The highest BCUT2D eigenvalue weighted by molar-refractivity contribution is 7.99. The summed E-state index contributed by atoms with van der Waals surface area (Å²) >= 11 is 7.72. The summed E-state index contributed by atoms with van der Waals surface area (Å²) in [6.07, 6.45) is 6.33. The summed E-state index contributed by atoms with van der Waals surface area (Å²) in [7, 11) is 0. The third-order valence-corrected chi connectivity index (χ3v) is 3.84. The number of thioether (sulfide) groups is 1. The lowest BCUT2D eigenvalue weighted by Gasteiger charge is -2.11. The molecule has 1 N–H and O–H groups in total. The van der Waals surface area contributed by atoms with Crippen molar-refractivity contribution in [3.8, 4) is 18.1 Å². The molecule has 1 unspecified atom stereocenters. The van der Waals surface area contributed by atoms with Crippen LogP contribution in [0.3, 0.4) is 0 Å². The maximum absolute atomic E-state index is 5.96. The minimum Gasteiger partial charge on any atom is -0.488 e. The number of benzene rings is 1. The van der Waals surface area contributed by atoms with Crippen molar-refractivity contribution in [1.29, 1.82) is 0 Å². The number of rotatable bonds is 6. The summed E-state index contributed by atoms with van der Waals surface area (Å²) in [5.74, 6) is 5.40. The first kappa shape index (κ1) is 13.6. The van der Waals surface area contributed by atoms with E-state index >= 15 is 0 Å². The van der Waals surface area contributed by atoms with E-state index in [0.717, 1.165) is 41.8 Å². The van der Waals surface area contributed by atoms with E-state index in [4.69, 9.17) is 22.8 Å². The van der Waals surface area contributed by atoms with Crippen LogP contribution in [0.25, 0.3) is 0 Å². The zero-order chi connectivity index (χ0) is 12.8. The summed E-state index contributed by atoms with van der Waals surface area (Å²) in [5, 5.41) is 4.16. The smallest absolute Gasteiger partial charge is 0.123 e. The molecule has 0 radical (unpaired) electrons. The number of terminal acetylenes is 1. The van der Waals surface area contributed by atoms with Gasteiger partial charge in [0.05, 0.1) is 5.75 Å². The average Bonchev–Trinajstić information content (AvgIpc) is 2.75. The molecule has 96 valence electrons. The molecule has 0 aromatic heterocycles. The SMILES string of the molecule is C#CCSCCNCC1Cc2cc(Cl)ccc2O1. The molecule has 1 aromatic carbocycles. The van der Waals surface area contributed by atoms with Crippen molar-refractivity contribution in [3.63, 3.8) is 0 Å². The van der Waals surface area contributed by atoms with Crippen LogP contribution in [0.1, 0.15) is 5.56 Å². The van der Waals surface area contributed by atoms with E-state index in [1.54, 1.807) is 11.8 Å². The average molecular weight is 282 g/mol. The minimum absolute atomic E-state index is 0.219. The Balaban J connectivity index is 1.67. The van der Waals surface area contributed by atoms with Crippen molar-refractivity contribution in [2.45, 2.75) is 12.5 Å². The third-order valence-electron chi connectivity index (χ3n) is 2.74. The Kier molecular flexibility index (Phi) is 5.25. The van der Waals surface area contributed by atoms with E-state index in [9.17, 15) is 0 Å². The van der Waals surface area contributed by atoms with Gasteiger partial charge in [-0.05, 0) is 23.8 Å². The van der Waals surface area contributed by atoms with Crippen molar-refractivity contribution in [2.75, 3.05) is 24.6 Å². The van der Waals surface area contributed by atoms with Crippen LogP contribution in [0, 0.1) is 12.3 Å². The molecule has 1 atom stereocenters. The molecule has 0 bridgehead atoms. The quantitative estimate of drug-likeness (QED) is 0.640. The number of halogens is 1. The van der Waals surface area contributed by atoms with Crippen LogP contribution in [0.5, 0.6) is 5.75 Å². The van der Waals surface area contributed by atoms with Gasteiger partial charge in [0.2, 0.25) is 0 Å². The van der Waals surface area contributed by atoms with Gasteiger partial charge in [0.15, 0.2) is 0 Å². The molecule has 2 rings (SSSR count). The molecule has 1 aromatic rings. The summed E-state index contributed by atoms with van der Waals surface area (Å²) in [4.78, 5) is 0. The molecular formula is C14H16ClNOS. The van der Waals surface area contributed by atoms with Gasteiger partial charge in [-0.2, -0.15) is 0 Å². The van der Waals surface area contributed by atoms with Crippen LogP contribution >= 0.6 is 23.4 Å². The van der Waals surface area contributed by atoms with Gasteiger partial charge in [-0.3, -0.25) is 0 Å². The topological polar surface area (TPSA) is 21.3 Å². The molecule has 1 aliphatic heterocycles. The van der Waals surface area contributed by atoms with Gasteiger partial charge < -0.3 is 10.1 Å². The molecular weight excluding hydrogens is 266 g/mol. The normalized spacial score (nSPS) is 17.0. The Labute approximate surface area is 117 Å². The van der Waals surface area contributed by atoms with E-state index in [1.165, 1.54) is 5.56 Å². The van der Waals surface area contributed by atoms with E-state index in [0.29, 0.717) is 0 Å². The molecule has 0 saturated carbocycles. The zero-order valence-corrected chi connectivity index (χ0v) is 11.7. The number of ether oxygens (including phenoxy) is 1. The fraction of sp³-hybridized carbons (Fsp3) is 0.429. The highest BCUT2D eigenvalue weighted by atomic mass is 35.5. The third kappa shape index (κ3) is 3.84. The summed E-state index contributed by atoms with van der Waals surface area (Å²) in [6.45, 7) is 1.83. The van der Waals surface area contributed by atoms with Crippen LogP contribution in [0.2, 0.25) is 5.02 Å². The predicted molar refractivity (Wildman–Crippen MR) is 78.6 cm³/mol. The van der Waals surface area contributed by atoms with E-state index in [-0.39, 0.29) is 6.10 Å². The molecule has 0 fully saturated rings. The lowest BCUT2D eigenvalue weighted by molar-refractivity contribution is 0.229. The van der Waals surface area contributed by atoms with E-state index < -0.39 is 0 Å². The van der Waals surface area contributed by atoms with Gasteiger partial charge in [-0.25, -0.2) is 0 Å². The molecule has 0 spiro atoms. The molecule has 0 aliphatic carbocycles. The first-order valence-electron chi connectivity index (χ1n) is 5.96. The Morgan fingerprint density at radius 2 is 2.44 bits per heavy atom. The molecule has 0 amide bonds. The van der Waals surface area contributed by atoms with Gasteiger partial charge in [-0.1, -0.05) is 17.5 Å². The molecule has 1 heterocycles. The van der Waals surface area contributed by atoms with Crippen LogP contribution in [-0.2, 0) is 6.42 Å². The van der Waals surface area contributed by atoms with Crippen LogP contribution in [0.15, 0.2) is 18.2 Å². The van der Waals surface area contributed by atoms with Crippen molar-refractivity contribution in [3.05, 3.63) is 28.8 Å². The Morgan fingerprint density at radius 1 is 1.56 bits per heavy atom. The lowest BCUT2D eigenvalue weighted by Crippen LogP contribution is -2.31. The minimum atomic E-state index is 0.219. The van der Waals surface area contributed by atoms with Gasteiger partial charge >= 0.3 is 0 Å². The Bertz CT molecular complexity index is 444. The maximum atomic E-state index is 5.96. The van der Waals surface area contributed by atoms with Gasteiger partial charge in [0.1, 0.15) is 11.9 Å². The zero-order valence-electron chi connectivity index (χ0n) is 10.1. The molecule has 4 heteroatoms. The fourth-order valence-electron chi connectivity index (χ4n) is 1.94. The van der Waals surface area contributed by atoms with Gasteiger partial charge in [0.25, 0.3) is 0 Å². The van der Waals surface area contributed by atoms with Crippen LogP contribution in [0.4, 0.5) is 0 Å². The standard InChI is InChI=1S/C14H16ClNOS/c1-2-6-18-7-5-16-10-13-9-11-8-12(15)3-4-14(11)17-13/h1,3-4,8,13,16H,5-7,9-10H2. The molecule has 2 nitrogen and oxygen atoms in total. The number of nitrogens with one attached hydrogen (secondary N) is 1. The summed E-state index contributed by atoms with van der Waals surface area (Å²) in [5.41, 5.74) is 1.20. The maximum Gasteiger partial charge on any atom is 0.123 e. The first-order chi connectivity index (χ1) is 8.79. The van der Waals surface area contributed by atoms with Crippen molar-refractivity contribution >= 4 is 23.4 Å². The second kappa shape index (κ2) is 6.94. The highest BCUT2D eigenvalue weighted by Gasteiger charge is 2.22. The molecule has 0 saturated heterocycles. The van der Waals surface area contributed by atoms with Crippen molar-refractivity contribution < 1.29 is 4.74 Å². The number of hydrogen-bond donors (Lipinski definition) is 1. The number of fused-ring (bicyclic) bond motifs is 1. The van der Waals surface area contributed by atoms with Gasteiger partial charge in [0, 0.05) is 30.3 Å². The monoisotopic (exact) mass is 281 g/mol. The second-order valence-corrected chi connectivity index (χ2v) is 5.70. The lowest BCUT2D eigenvalue weighted by atomic mass is 10.1. The van der Waals surface area contributed by atoms with Crippen molar-refractivity contribution in [1.82, 2.24) is 5.32 Å². The van der Waals surface area contributed by atoms with Gasteiger partial charge in [-0.15, -0.1) is 18.2 Å². The first-order valence-corrected chi connectivity index (χ1v) is 7.50. The summed E-state index contributed by atoms with van der Waals surface area (Å²) in [6, 6.07) is 5.80. The second-order valence-electron chi connectivity index (χ2n) is 4.16. The Morgan fingerprint density at radius 3 is 3.28 bits per heavy atom. The molecule has 1 aliphatic rings. The van der Waals surface area contributed by atoms with Crippen LogP contribution in [-0.4, -0.2) is 30.7 Å².